The molecule has 0 atom stereocenters. The molecule has 0 aliphatic heterocycles. The van der Waals surface area contributed by atoms with Crippen molar-refractivity contribution >= 4 is 0 Å². The molecular formula is C20H18FNO2. The molecule has 0 aliphatic carbocycles. The zero-order chi connectivity index (χ0) is 16.9. The van der Waals surface area contributed by atoms with Gasteiger partial charge in [-0.2, -0.15) is 0 Å². The van der Waals surface area contributed by atoms with Crippen LogP contribution in [0, 0.1) is 12.7 Å². The van der Waals surface area contributed by atoms with Gasteiger partial charge in [-0.25, -0.2) is 4.39 Å². The van der Waals surface area contributed by atoms with E-state index in [1.54, 1.807) is 25.6 Å². The number of rotatable bonds is 5. The minimum absolute atomic E-state index is 0.265. The van der Waals surface area contributed by atoms with Gasteiger partial charge < -0.3 is 9.47 Å². The van der Waals surface area contributed by atoms with Crippen LogP contribution in [0.1, 0.15) is 11.1 Å². The fourth-order valence-electron chi connectivity index (χ4n) is 2.45. The zero-order valence-corrected chi connectivity index (χ0v) is 13.6. The monoisotopic (exact) mass is 323 g/mol. The number of hydrogen-bond acceptors (Lipinski definition) is 3. The van der Waals surface area contributed by atoms with Crippen LogP contribution in [0.25, 0.3) is 11.1 Å². The third-order valence-electron chi connectivity index (χ3n) is 3.67. The van der Waals surface area contributed by atoms with Gasteiger partial charge in [-0.3, -0.25) is 4.98 Å². The molecule has 122 valence electrons. The minimum Gasteiger partial charge on any atom is -0.493 e. The highest BCUT2D eigenvalue weighted by Crippen LogP contribution is 2.29. The standard InChI is InChI=1S/C20H18FNO2/c1-14-6-7-19(20(8-14)23-2)24-13-15-9-17(12-22-11-15)16-4-3-5-18(21)10-16/h3-12H,13H2,1-2H3. The number of nitrogens with zero attached hydrogens (tertiary/aromatic N) is 1. The molecule has 3 aromatic rings. The summed E-state index contributed by atoms with van der Waals surface area (Å²) >= 11 is 0. The van der Waals surface area contributed by atoms with Gasteiger partial charge in [0.25, 0.3) is 0 Å². The molecule has 0 spiro atoms. The topological polar surface area (TPSA) is 31.4 Å². The SMILES string of the molecule is COc1cc(C)ccc1OCc1cncc(-c2cccc(F)c2)c1. The highest BCUT2D eigenvalue weighted by molar-refractivity contribution is 5.62. The van der Waals surface area contributed by atoms with Crippen LogP contribution in [-0.2, 0) is 6.61 Å². The summed E-state index contributed by atoms with van der Waals surface area (Å²) in [4.78, 5) is 4.23. The lowest BCUT2D eigenvalue weighted by atomic mass is 10.1. The predicted molar refractivity (Wildman–Crippen MR) is 91.7 cm³/mol. The first-order valence-electron chi connectivity index (χ1n) is 7.63. The number of aryl methyl sites for hydroxylation is 1. The Kier molecular flexibility index (Phi) is 4.75. The van der Waals surface area contributed by atoms with E-state index < -0.39 is 0 Å². The van der Waals surface area contributed by atoms with Gasteiger partial charge in [0.15, 0.2) is 11.5 Å². The van der Waals surface area contributed by atoms with E-state index in [1.807, 2.05) is 37.3 Å². The highest BCUT2D eigenvalue weighted by atomic mass is 19.1. The van der Waals surface area contributed by atoms with Crippen LogP contribution in [-0.4, -0.2) is 12.1 Å². The average Bonchev–Trinajstić information content (AvgIpc) is 2.61. The van der Waals surface area contributed by atoms with Crippen molar-refractivity contribution in [3.8, 4) is 22.6 Å². The molecule has 0 unspecified atom stereocenters. The summed E-state index contributed by atoms with van der Waals surface area (Å²) in [5.41, 5.74) is 3.65. The molecule has 1 heterocycles. The molecule has 0 radical (unpaired) electrons. The summed E-state index contributed by atoms with van der Waals surface area (Å²) in [6.07, 6.45) is 3.45. The number of pyridine rings is 1. The lowest BCUT2D eigenvalue weighted by Gasteiger charge is -2.12. The smallest absolute Gasteiger partial charge is 0.161 e. The third kappa shape index (κ3) is 3.71. The second kappa shape index (κ2) is 7.13. The number of aromatic nitrogens is 1. The lowest BCUT2D eigenvalue weighted by Crippen LogP contribution is -1.99. The summed E-state index contributed by atoms with van der Waals surface area (Å²) < 4.78 is 24.6. The predicted octanol–water partition coefficient (Wildman–Crippen LogP) is 4.78. The van der Waals surface area contributed by atoms with Gasteiger partial charge in [0.2, 0.25) is 0 Å². The molecule has 1 aromatic heterocycles. The molecule has 0 fully saturated rings. The van der Waals surface area contributed by atoms with Crippen molar-refractivity contribution in [2.24, 2.45) is 0 Å². The van der Waals surface area contributed by atoms with E-state index in [2.05, 4.69) is 4.98 Å². The van der Waals surface area contributed by atoms with E-state index in [9.17, 15) is 4.39 Å². The molecule has 2 aromatic carbocycles. The number of benzene rings is 2. The second-order valence-electron chi connectivity index (χ2n) is 5.54. The molecule has 3 nitrogen and oxygen atoms in total. The van der Waals surface area contributed by atoms with Gasteiger partial charge in [0.1, 0.15) is 12.4 Å². The molecule has 0 saturated carbocycles. The Morgan fingerprint density at radius 2 is 1.83 bits per heavy atom. The van der Waals surface area contributed by atoms with Crippen LogP contribution in [0.15, 0.2) is 60.9 Å². The minimum atomic E-state index is -0.265. The van der Waals surface area contributed by atoms with Crippen LogP contribution in [0.5, 0.6) is 11.5 Å². The Hall–Kier alpha value is -2.88. The molecule has 0 saturated heterocycles. The molecule has 3 rings (SSSR count). The van der Waals surface area contributed by atoms with Crippen LogP contribution in [0.3, 0.4) is 0 Å². The molecule has 0 amide bonds. The van der Waals surface area contributed by atoms with Crippen molar-refractivity contribution in [2.45, 2.75) is 13.5 Å². The van der Waals surface area contributed by atoms with Crippen LogP contribution in [0.4, 0.5) is 4.39 Å². The Bertz CT molecular complexity index is 849. The van der Waals surface area contributed by atoms with E-state index in [-0.39, 0.29) is 5.82 Å². The summed E-state index contributed by atoms with van der Waals surface area (Å²) in [5, 5.41) is 0. The van der Waals surface area contributed by atoms with Crippen LogP contribution in [0.2, 0.25) is 0 Å². The van der Waals surface area contributed by atoms with E-state index >= 15 is 0 Å². The summed E-state index contributed by atoms with van der Waals surface area (Å²) in [5.74, 6) is 1.11. The van der Waals surface area contributed by atoms with Crippen molar-refractivity contribution in [1.82, 2.24) is 4.98 Å². The van der Waals surface area contributed by atoms with Crippen LogP contribution < -0.4 is 9.47 Å². The second-order valence-corrected chi connectivity index (χ2v) is 5.54. The number of halogens is 1. The van der Waals surface area contributed by atoms with E-state index in [4.69, 9.17) is 9.47 Å². The lowest BCUT2D eigenvalue weighted by molar-refractivity contribution is 0.284. The highest BCUT2D eigenvalue weighted by Gasteiger charge is 2.06. The van der Waals surface area contributed by atoms with Crippen molar-refractivity contribution < 1.29 is 13.9 Å². The van der Waals surface area contributed by atoms with E-state index in [1.165, 1.54) is 12.1 Å². The Balaban J connectivity index is 1.78. The van der Waals surface area contributed by atoms with Crippen molar-refractivity contribution in [3.63, 3.8) is 0 Å². The number of ether oxygens (including phenoxy) is 2. The molecule has 24 heavy (non-hydrogen) atoms. The first kappa shape index (κ1) is 16.0. The fraction of sp³-hybridized carbons (Fsp3) is 0.150. The number of hydrogen-bond donors (Lipinski definition) is 0. The van der Waals surface area contributed by atoms with Crippen molar-refractivity contribution in [2.75, 3.05) is 7.11 Å². The fourth-order valence-corrected chi connectivity index (χ4v) is 2.45. The molecule has 0 N–H and O–H groups in total. The van der Waals surface area contributed by atoms with Gasteiger partial charge in [-0.1, -0.05) is 18.2 Å². The Labute approximate surface area is 140 Å². The van der Waals surface area contributed by atoms with Gasteiger partial charge in [-0.05, 0) is 48.4 Å². The third-order valence-corrected chi connectivity index (χ3v) is 3.67. The van der Waals surface area contributed by atoms with E-state index in [0.29, 0.717) is 18.1 Å². The first-order chi connectivity index (χ1) is 11.7. The van der Waals surface area contributed by atoms with Crippen molar-refractivity contribution in [3.05, 3.63) is 77.9 Å². The van der Waals surface area contributed by atoms with Crippen molar-refractivity contribution in [1.29, 1.82) is 0 Å². The largest absolute Gasteiger partial charge is 0.493 e. The Morgan fingerprint density at radius 3 is 2.62 bits per heavy atom. The van der Waals surface area contributed by atoms with Gasteiger partial charge >= 0.3 is 0 Å². The molecule has 0 bridgehead atoms. The first-order valence-corrected chi connectivity index (χ1v) is 7.63. The maximum Gasteiger partial charge on any atom is 0.161 e. The summed E-state index contributed by atoms with van der Waals surface area (Å²) in [6.45, 7) is 2.36. The maximum atomic E-state index is 13.4. The van der Waals surface area contributed by atoms with Gasteiger partial charge in [0.05, 0.1) is 7.11 Å². The van der Waals surface area contributed by atoms with Gasteiger partial charge in [-0.15, -0.1) is 0 Å². The van der Waals surface area contributed by atoms with E-state index in [0.717, 1.165) is 22.3 Å². The average molecular weight is 323 g/mol. The van der Waals surface area contributed by atoms with Crippen LogP contribution >= 0.6 is 0 Å². The molecular weight excluding hydrogens is 305 g/mol. The van der Waals surface area contributed by atoms with Gasteiger partial charge in [0, 0.05) is 23.5 Å². The number of methoxy groups -OCH3 is 1. The normalized spacial score (nSPS) is 10.5. The molecule has 0 aliphatic rings. The summed E-state index contributed by atoms with van der Waals surface area (Å²) in [6, 6.07) is 14.2. The zero-order valence-electron chi connectivity index (χ0n) is 13.6. The summed E-state index contributed by atoms with van der Waals surface area (Å²) in [7, 11) is 1.62. The maximum absolute atomic E-state index is 13.4. The quantitative estimate of drug-likeness (QED) is 0.677. The molecule has 4 heteroatoms. The Morgan fingerprint density at radius 1 is 0.958 bits per heavy atom.